The number of nitrogens with zero attached hydrogens (tertiary/aromatic N) is 1. The largest absolute Gasteiger partial charge is 0.481 e. The first-order chi connectivity index (χ1) is 8.58. The average molecular weight is 266 g/mol. The van der Waals surface area contributed by atoms with Gasteiger partial charge < -0.3 is 5.11 Å². The number of carboxylic acids is 1. The van der Waals surface area contributed by atoms with Crippen LogP contribution >= 0.6 is 11.6 Å². The third kappa shape index (κ3) is 2.65. The molecule has 0 fully saturated rings. The van der Waals surface area contributed by atoms with Gasteiger partial charge in [0.05, 0.1) is 12.1 Å². The highest BCUT2D eigenvalue weighted by Gasteiger charge is 2.10. The van der Waals surface area contributed by atoms with Crippen molar-refractivity contribution in [2.45, 2.75) is 6.42 Å². The number of hydrogen-bond donors (Lipinski definition) is 1. The maximum Gasteiger partial charge on any atom is 0.307 e. The van der Waals surface area contributed by atoms with Crippen LogP contribution in [-0.4, -0.2) is 16.1 Å². The fourth-order valence-corrected chi connectivity index (χ4v) is 1.80. The second-order valence-corrected chi connectivity index (χ2v) is 4.05. The van der Waals surface area contributed by atoms with Crippen molar-refractivity contribution >= 4 is 17.6 Å². The van der Waals surface area contributed by atoms with Gasteiger partial charge in [0.2, 0.25) is 0 Å². The Morgan fingerprint density at radius 3 is 2.61 bits per heavy atom. The van der Waals surface area contributed by atoms with E-state index in [0.717, 1.165) is 0 Å². The zero-order valence-electron chi connectivity index (χ0n) is 9.23. The molecule has 1 heterocycles. The van der Waals surface area contributed by atoms with Gasteiger partial charge in [-0.25, -0.2) is 9.37 Å². The topological polar surface area (TPSA) is 50.2 Å². The second kappa shape index (κ2) is 5.14. The van der Waals surface area contributed by atoms with E-state index in [4.69, 9.17) is 16.7 Å². The molecule has 5 heteroatoms. The molecular formula is C13H9ClFNO2. The molecular weight excluding hydrogens is 257 g/mol. The van der Waals surface area contributed by atoms with Gasteiger partial charge in [-0.1, -0.05) is 29.8 Å². The molecule has 0 amide bonds. The monoisotopic (exact) mass is 265 g/mol. The lowest BCUT2D eigenvalue weighted by molar-refractivity contribution is -0.136. The van der Waals surface area contributed by atoms with Crippen LogP contribution in [0.15, 0.2) is 36.4 Å². The Kier molecular flexibility index (Phi) is 3.58. The Hall–Kier alpha value is -1.94. The van der Waals surface area contributed by atoms with Gasteiger partial charge in [0, 0.05) is 11.1 Å². The molecule has 0 radical (unpaired) electrons. The van der Waals surface area contributed by atoms with Crippen LogP contribution in [0.5, 0.6) is 0 Å². The smallest absolute Gasteiger partial charge is 0.307 e. The Morgan fingerprint density at radius 2 is 2.00 bits per heavy atom. The summed E-state index contributed by atoms with van der Waals surface area (Å²) in [4.78, 5) is 14.6. The van der Waals surface area contributed by atoms with Crippen LogP contribution in [0.1, 0.15) is 5.56 Å². The highest BCUT2D eigenvalue weighted by Crippen LogP contribution is 2.24. The predicted molar refractivity (Wildman–Crippen MR) is 66.0 cm³/mol. The Bertz CT molecular complexity index is 601. The number of hydrogen-bond acceptors (Lipinski definition) is 2. The van der Waals surface area contributed by atoms with Crippen LogP contribution < -0.4 is 0 Å². The molecule has 3 nitrogen and oxygen atoms in total. The molecule has 1 aromatic carbocycles. The summed E-state index contributed by atoms with van der Waals surface area (Å²) >= 11 is 5.88. The van der Waals surface area contributed by atoms with Crippen molar-refractivity contribution < 1.29 is 14.3 Å². The van der Waals surface area contributed by atoms with E-state index in [-0.39, 0.29) is 11.6 Å². The molecule has 2 aromatic rings. The minimum Gasteiger partial charge on any atom is -0.481 e. The zero-order chi connectivity index (χ0) is 13.1. The summed E-state index contributed by atoms with van der Waals surface area (Å²) in [6.07, 6.45) is -0.205. The predicted octanol–water partition coefficient (Wildman–Crippen LogP) is 3.17. The van der Waals surface area contributed by atoms with E-state index in [1.807, 2.05) is 0 Å². The Morgan fingerprint density at radius 1 is 1.28 bits per heavy atom. The highest BCUT2D eigenvalue weighted by atomic mass is 35.5. The summed E-state index contributed by atoms with van der Waals surface area (Å²) in [5.74, 6) is -1.38. The summed E-state index contributed by atoms with van der Waals surface area (Å²) in [5.41, 5.74) is 1.12. The van der Waals surface area contributed by atoms with Crippen molar-refractivity contribution in [1.82, 2.24) is 4.98 Å². The van der Waals surface area contributed by atoms with Crippen molar-refractivity contribution in [3.63, 3.8) is 0 Å². The SMILES string of the molecule is O=C(O)Cc1ccc(-c2ccccc2F)nc1Cl. The van der Waals surface area contributed by atoms with E-state index in [1.54, 1.807) is 30.3 Å². The van der Waals surface area contributed by atoms with E-state index in [9.17, 15) is 9.18 Å². The standard InChI is InChI=1S/C13H9ClFNO2/c14-13-8(7-12(17)18)5-6-11(16-13)9-3-1-2-4-10(9)15/h1-6H,7H2,(H,17,18). The van der Waals surface area contributed by atoms with Gasteiger partial charge in [0.25, 0.3) is 0 Å². The average Bonchev–Trinajstić information content (AvgIpc) is 2.32. The van der Waals surface area contributed by atoms with Crippen LogP contribution in [0, 0.1) is 5.82 Å². The van der Waals surface area contributed by atoms with Crippen LogP contribution in [0.4, 0.5) is 4.39 Å². The second-order valence-electron chi connectivity index (χ2n) is 3.70. The number of aromatic nitrogens is 1. The first-order valence-corrected chi connectivity index (χ1v) is 5.58. The lowest BCUT2D eigenvalue weighted by Gasteiger charge is -2.05. The molecule has 1 N–H and O–H groups in total. The van der Waals surface area contributed by atoms with E-state index in [2.05, 4.69) is 4.98 Å². The first-order valence-electron chi connectivity index (χ1n) is 5.20. The summed E-state index contributed by atoms with van der Waals surface area (Å²) in [6.45, 7) is 0. The van der Waals surface area contributed by atoms with Crippen LogP contribution in [0.2, 0.25) is 5.15 Å². The summed E-state index contributed by atoms with van der Waals surface area (Å²) in [5, 5.41) is 8.76. The van der Waals surface area contributed by atoms with E-state index >= 15 is 0 Å². The minimum absolute atomic E-state index is 0.0816. The number of benzene rings is 1. The molecule has 1 aromatic heterocycles. The van der Waals surface area contributed by atoms with Crippen molar-refractivity contribution in [3.8, 4) is 11.3 Å². The summed E-state index contributed by atoms with van der Waals surface area (Å²) in [7, 11) is 0. The number of pyridine rings is 1. The molecule has 0 bridgehead atoms. The van der Waals surface area contributed by atoms with Gasteiger partial charge in [-0.05, 0) is 18.2 Å². The van der Waals surface area contributed by atoms with Gasteiger partial charge in [0.1, 0.15) is 11.0 Å². The van der Waals surface area contributed by atoms with Crippen molar-refractivity contribution in [2.24, 2.45) is 0 Å². The quantitative estimate of drug-likeness (QED) is 0.867. The van der Waals surface area contributed by atoms with Crippen molar-refractivity contribution in [2.75, 3.05) is 0 Å². The van der Waals surface area contributed by atoms with Gasteiger partial charge >= 0.3 is 5.97 Å². The van der Waals surface area contributed by atoms with Gasteiger partial charge in [-0.2, -0.15) is 0 Å². The molecule has 2 rings (SSSR count). The first kappa shape index (κ1) is 12.5. The summed E-state index contributed by atoms with van der Waals surface area (Å²) < 4.78 is 13.5. The fourth-order valence-electron chi connectivity index (χ4n) is 1.58. The Balaban J connectivity index is 2.40. The number of halogens is 2. The van der Waals surface area contributed by atoms with E-state index in [0.29, 0.717) is 16.8 Å². The molecule has 0 atom stereocenters. The molecule has 0 aliphatic rings. The zero-order valence-corrected chi connectivity index (χ0v) is 9.99. The van der Waals surface area contributed by atoms with E-state index in [1.165, 1.54) is 6.07 Å². The van der Waals surface area contributed by atoms with Gasteiger partial charge in [-0.15, -0.1) is 0 Å². The van der Waals surface area contributed by atoms with E-state index < -0.39 is 11.8 Å². The number of carbonyl (C=O) groups is 1. The molecule has 0 saturated heterocycles. The third-order valence-electron chi connectivity index (χ3n) is 2.42. The maximum atomic E-state index is 13.5. The van der Waals surface area contributed by atoms with Crippen LogP contribution in [-0.2, 0) is 11.2 Å². The van der Waals surface area contributed by atoms with Gasteiger partial charge in [0.15, 0.2) is 0 Å². The lowest BCUT2D eigenvalue weighted by Crippen LogP contribution is -2.02. The minimum atomic E-state index is -0.989. The lowest BCUT2D eigenvalue weighted by atomic mass is 10.1. The number of carboxylic acid groups (broad SMARTS) is 1. The Labute approximate surface area is 108 Å². The van der Waals surface area contributed by atoms with Crippen molar-refractivity contribution in [1.29, 1.82) is 0 Å². The normalized spacial score (nSPS) is 10.3. The van der Waals surface area contributed by atoms with Crippen molar-refractivity contribution in [3.05, 3.63) is 52.9 Å². The molecule has 92 valence electrons. The molecule has 0 unspecified atom stereocenters. The molecule has 0 saturated carbocycles. The number of rotatable bonds is 3. The fraction of sp³-hybridized carbons (Fsp3) is 0.0769. The molecule has 18 heavy (non-hydrogen) atoms. The molecule has 0 spiro atoms. The van der Waals surface area contributed by atoms with Gasteiger partial charge in [-0.3, -0.25) is 4.79 Å². The third-order valence-corrected chi connectivity index (χ3v) is 2.74. The number of aliphatic carboxylic acids is 1. The summed E-state index contributed by atoms with van der Waals surface area (Å²) in [6, 6.07) is 9.30. The maximum absolute atomic E-state index is 13.5. The highest BCUT2D eigenvalue weighted by molar-refractivity contribution is 6.30. The molecule has 0 aliphatic heterocycles. The van der Waals surface area contributed by atoms with Crippen LogP contribution in [0.3, 0.4) is 0 Å². The molecule has 0 aliphatic carbocycles. The van der Waals surface area contributed by atoms with Crippen LogP contribution in [0.25, 0.3) is 11.3 Å².